The summed E-state index contributed by atoms with van der Waals surface area (Å²) in [5.41, 5.74) is 6.93. The normalized spacial score (nSPS) is 17.6. The van der Waals surface area contributed by atoms with Crippen molar-refractivity contribution in [2.75, 3.05) is 25.9 Å². The highest BCUT2D eigenvalue weighted by atomic mass is 16.1. The molecule has 0 aliphatic carbocycles. The van der Waals surface area contributed by atoms with Gasteiger partial charge in [-0.2, -0.15) is 0 Å². The van der Waals surface area contributed by atoms with Crippen molar-refractivity contribution >= 4 is 11.6 Å². The monoisotopic (exact) mass is 248 g/mol. The van der Waals surface area contributed by atoms with Crippen LogP contribution in [0.25, 0.3) is 0 Å². The lowest BCUT2D eigenvalue weighted by Gasteiger charge is -2.29. The Morgan fingerprint density at radius 1 is 1.50 bits per heavy atom. The van der Waals surface area contributed by atoms with Gasteiger partial charge in [0, 0.05) is 11.7 Å². The standard InChI is InChI=1S/C13H20N4O/c1-17-6-4-11(5-7-17)16-13(18)8-12-3-2-10(14)9-15-12/h2-3,9,11H,4-8,14H2,1H3,(H,16,18). The number of hydrogen-bond acceptors (Lipinski definition) is 4. The molecule has 0 atom stereocenters. The molecule has 2 heterocycles. The van der Waals surface area contributed by atoms with Crippen LogP contribution >= 0.6 is 0 Å². The predicted molar refractivity (Wildman–Crippen MR) is 71.0 cm³/mol. The number of aromatic nitrogens is 1. The van der Waals surface area contributed by atoms with Gasteiger partial charge in [-0.1, -0.05) is 0 Å². The lowest BCUT2D eigenvalue weighted by Crippen LogP contribution is -2.43. The molecule has 0 radical (unpaired) electrons. The Hall–Kier alpha value is -1.62. The molecule has 1 aromatic rings. The molecule has 0 aromatic carbocycles. The minimum Gasteiger partial charge on any atom is -0.397 e. The van der Waals surface area contributed by atoms with Gasteiger partial charge in [0.05, 0.1) is 18.3 Å². The third kappa shape index (κ3) is 3.70. The van der Waals surface area contributed by atoms with E-state index in [4.69, 9.17) is 5.73 Å². The molecule has 0 spiro atoms. The average molecular weight is 248 g/mol. The molecule has 18 heavy (non-hydrogen) atoms. The summed E-state index contributed by atoms with van der Waals surface area (Å²) in [6.07, 6.45) is 3.96. The van der Waals surface area contributed by atoms with Crippen LogP contribution in [0.3, 0.4) is 0 Å². The number of carbonyl (C=O) groups is 1. The molecule has 5 heteroatoms. The molecule has 2 rings (SSSR count). The molecule has 1 amide bonds. The molecule has 98 valence electrons. The smallest absolute Gasteiger partial charge is 0.226 e. The zero-order chi connectivity index (χ0) is 13.0. The first-order chi connectivity index (χ1) is 8.63. The second-order valence-electron chi connectivity index (χ2n) is 4.90. The van der Waals surface area contributed by atoms with Gasteiger partial charge in [0.25, 0.3) is 0 Å². The lowest BCUT2D eigenvalue weighted by atomic mass is 10.1. The van der Waals surface area contributed by atoms with Crippen molar-refractivity contribution in [2.45, 2.75) is 25.3 Å². The largest absolute Gasteiger partial charge is 0.397 e. The third-order valence-electron chi connectivity index (χ3n) is 3.27. The maximum absolute atomic E-state index is 11.9. The van der Waals surface area contributed by atoms with Crippen molar-refractivity contribution < 1.29 is 4.79 Å². The van der Waals surface area contributed by atoms with Crippen LogP contribution in [-0.2, 0) is 11.2 Å². The quantitative estimate of drug-likeness (QED) is 0.813. The van der Waals surface area contributed by atoms with Crippen LogP contribution in [0.1, 0.15) is 18.5 Å². The number of likely N-dealkylation sites (tertiary alicyclic amines) is 1. The Morgan fingerprint density at radius 2 is 2.22 bits per heavy atom. The number of rotatable bonds is 3. The summed E-state index contributed by atoms with van der Waals surface area (Å²) in [4.78, 5) is 18.3. The van der Waals surface area contributed by atoms with E-state index in [9.17, 15) is 4.79 Å². The summed E-state index contributed by atoms with van der Waals surface area (Å²) in [6, 6.07) is 3.87. The first-order valence-electron chi connectivity index (χ1n) is 6.32. The van der Waals surface area contributed by atoms with Crippen molar-refractivity contribution in [3.05, 3.63) is 24.0 Å². The van der Waals surface area contributed by atoms with Crippen molar-refractivity contribution in [3.63, 3.8) is 0 Å². The Morgan fingerprint density at radius 3 is 2.83 bits per heavy atom. The van der Waals surface area contributed by atoms with Gasteiger partial charge < -0.3 is 16.0 Å². The molecule has 0 unspecified atom stereocenters. The van der Waals surface area contributed by atoms with Gasteiger partial charge in [0.2, 0.25) is 5.91 Å². The van der Waals surface area contributed by atoms with Crippen molar-refractivity contribution in [1.29, 1.82) is 0 Å². The fourth-order valence-corrected chi connectivity index (χ4v) is 2.14. The van der Waals surface area contributed by atoms with E-state index in [1.54, 1.807) is 18.3 Å². The van der Waals surface area contributed by atoms with Gasteiger partial charge in [-0.25, -0.2) is 0 Å². The SMILES string of the molecule is CN1CCC(NC(=O)Cc2ccc(N)cn2)CC1. The van der Waals surface area contributed by atoms with E-state index in [2.05, 4.69) is 22.2 Å². The van der Waals surface area contributed by atoms with Crippen LogP contribution < -0.4 is 11.1 Å². The Kier molecular flexibility index (Phi) is 4.15. The van der Waals surface area contributed by atoms with E-state index < -0.39 is 0 Å². The van der Waals surface area contributed by atoms with E-state index in [0.717, 1.165) is 31.6 Å². The summed E-state index contributed by atoms with van der Waals surface area (Å²) in [7, 11) is 2.11. The highest BCUT2D eigenvalue weighted by Gasteiger charge is 2.18. The first kappa shape index (κ1) is 12.8. The van der Waals surface area contributed by atoms with Gasteiger partial charge in [0.15, 0.2) is 0 Å². The minimum atomic E-state index is 0.0434. The number of hydrogen-bond donors (Lipinski definition) is 2. The molecule has 1 fully saturated rings. The number of nitrogens with one attached hydrogen (secondary N) is 1. The summed E-state index contributed by atoms with van der Waals surface area (Å²) < 4.78 is 0. The third-order valence-corrected chi connectivity index (χ3v) is 3.27. The zero-order valence-corrected chi connectivity index (χ0v) is 10.7. The molecule has 1 saturated heterocycles. The van der Waals surface area contributed by atoms with Crippen LogP contribution in [0.5, 0.6) is 0 Å². The van der Waals surface area contributed by atoms with Crippen molar-refractivity contribution in [3.8, 4) is 0 Å². The molecular weight excluding hydrogens is 228 g/mol. The van der Waals surface area contributed by atoms with Gasteiger partial charge in [0.1, 0.15) is 0 Å². The molecule has 1 aromatic heterocycles. The van der Waals surface area contributed by atoms with Crippen molar-refractivity contribution in [2.24, 2.45) is 0 Å². The molecule has 5 nitrogen and oxygen atoms in total. The number of nitrogens with zero attached hydrogens (tertiary/aromatic N) is 2. The maximum Gasteiger partial charge on any atom is 0.226 e. The summed E-state index contributed by atoms with van der Waals surface area (Å²) in [6.45, 7) is 2.09. The van der Waals surface area contributed by atoms with Crippen LogP contribution in [0.15, 0.2) is 18.3 Å². The number of pyridine rings is 1. The van der Waals surface area contributed by atoms with E-state index in [-0.39, 0.29) is 5.91 Å². The van der Waals surface area contributed by atoms with Crippen LogP contribution in [0.4, 0.5) is 5.69 Å². The second-order valence-corrected chi connectivity index (χ2v) is 4.90. The molecule has 1 aliphatic heterocycles. The second kappa shape index (κ2) is 5.82. The molecular formula is C13H20N4O. The topological polar surface area (TPSA) is 71.2 Å². The molecule has 1 aliphatic rings. The molecule has 0 saturated carbocycles. The minimum absolute atomic E-state index is 0.0434. The van der Waals surface area contributed by atoms with Crippen molar-refractivity contribution in [1.82, 2.24) is 15.2 Å². The Balaban J connectivity index is 1.80. The summed E-state index contributed by atoms with van der Waals surface area (Å²) >= 11 is 0. The predicted octanol–water partition coefficient (Wildman–Crippen LogP) is 0.417. The Bertz CT molecular complexity index is 396. The summed E-state index contributed by atoms with van der Waals surface area (Å²) in [5.74, 6) is 0.0434. The lowest BCUT2D eigenvalue weighted by molar-refractivity contribution is -0.121. The van der Waals surface area contributed by atoms with Crippen LogP contribution in [0.2, 0.25) is 0 Å². The van der Waals surface area contributed by atoms with E-state index >= 15 is 0 Å². The number of anilines is 1. The first-order valence-corrected chi connectivity index (χ1v) is 6.32. The number of nitrogen functional groups attached to an aromatic ring is 1. The fraction of sp³-hybridized carbons (Fsp3) is 0.538. The van der Waals surface area contributed by atoms with Gasteiger partial charge in [-0.05, 0) is 45.1 Å². The molecule has 3 N–H and O–H groups in total. The van der Waals surface area contributed by atoms with Crippen LogP contribution in [0, 0.1) is 0 Å². The highest BCUT2D eigenvalue weighted by molar-refractivity contribution is 5.78. The van der Waals surface area contributed by atoms with Gasteiger partial charge in [-0.3, -0.25) is 9.78 Å². The average Bonchev–Trinajstić information content (AvgIpc) is 2.35. The number of amides is 1. The molecule has 0 bridgehead atoms. The summed E-state index contributed by atoms with van der Waals surface area (Å²) in [5, 5.41) is 3.07. The number of piperidine rings is 1. The number of carbonyl (C=O) groups excluding carboxylic acids is 1. The number of nitrogens with two attached hydrogens (primary N) is 1. The van der Waals surface area contributed by atoms with E-state index in [1.165, 1.54) is 0 Å². The van der Waals surface area contributed by atoms with Gasteiger partial charge >= 0.3 is 0 Å². The Labute approximate surface area is 107 Å². The van der Waals surface area contributed by atoms with Gasteiger partial charge in [-0.15, -0.1) is 0 Å². The maximum atomic E-state index is 11.9. The highest BCUT2D eigenvalue weighted by Crippen LogP contribution is 2.08. The van der Waals surface area contributed by atoms with Crippen LogP contribution in [-0.4, -0.2) is 42.0 Å². The fourth-order valence-electron chi connectivity index (χ4n) is 2.14. The van der Waals surface area contributed by atoms with E-state index in [1.807, 2.05) is 0 Å². The zero-order valence-electron chi connectivity index (χ0n) is 10.7. The van der Waals surface area contributed by atoms with E-state index in [0.29, 0.717) is 18.2 Å².